The second-order valence-corrected chi connectivity index (χ2v) is 8.04. The smallest absolute Gasteiger partial charge is 0.191 e. The van der Waals surface area contributed by atoms with Gasteiger partial charge in [0.1, 0.15) is 0 Å². The van der Waals surface area contributed by atoms with Crippen molar-refractivity contribution in [3.05, 3.63) is 53.9 Å². The summed E-state index contributed by atoms with van der Waals surface area (Å²) in [7, 11) is 0. The molecule has 1 atom stereocenters. The molecular weight excluding hydrogens is 360 g/mol. The Morgan fingerprint density at radius 3 is 2.76 bits per heavy atom. The van der Waals surface area contributed by atoms with Crippen LogP contribution < -0.4 is 10.6 Å². The normalized spacial score (nSPS) is 18.0. The number of hydrogen-bond acceptors (Lipinski definition) is 3. The monoisotopic (exact) mass is 396 g/mol. The lowest BCUT2D eigenvalue weighted by Crippen LogP contribution is -2.38. The number of nitrogens with one attached hydrogen (secondary N) is 2. The van der Waals surface area contributed by atoms with E-state index in [4.69, 9.17) is 4.99 Å². The van der Waals surface area contributed by atoms with Crippen molar-refractivity contribution in [1.29, 1.82) is 0 Å². The summed E-state index contributed by atoms with van der Waals surface area (Å²) in [6, 6.07) is 10.9. The summed E-state index contributed by atoms with van der Waals surface area (Å²) in [6.07, 6.45) is 7.52. The average Bonchev–Trinajstić information content (AvgIpc) is 3.24. The second kappa shape index (κ2) is 11.6. The molecule has 0 aliphatic carbocycles. The zero-order valence-electron chi connectivity index (χ0n) is 18.0. The minimum absolute atomic E-state index is 0.690. The van der Waals surface area contributed by atoms with Gasteiger partial charge in [-0.1, -0.05) is 31.2 Å². The molecule has 3 rings (SSSR count). The maximum absolute atomic E-state index is 4.74. The Bertz CT molecular complexity index is 722. The molecule has 1 aliphatic heterocycles. The molecule has 1 fully saturated rings. The molecule has 0 amide bonds. The highest BCUT2D eigenvalue weighted by molar-refractivity contribution is 5.79. The summed E-state index contributed by atoms with van der Waals surface area (Å²) in [6.45, 7) is 11.3. The number of hydrogen-bond donors (Lipinski definition) is 2. The standard InChI is InChI=1S/C23H36N6/c1-3-24-23(25-12-5-15-29-16-6-13-27-29)26-17-21-8-10-22(11-9-21)19-28-14-4-7-20(2)18-28/h6,8-11,13,16,20H,3-5,7,12,14-15,17-19H2,1-2H3,(H2,24,25,26). The van der Waals surface area contributed by atoms with Crippen molar-refractivity contribution in [2.24, 2.45) is 10.9 Å². The van der Waals surface area contributed by atoms with Crippen LogP contribution in [0.15, 0.2) is 47.7 Å². The van der Waals surface area contributed by atoms with E-state index in [1.165, 1.54) is 37.1 Å². The Balaban J connectivity index is 1.44. The third-order valence-corrected chi connectivity index (χ3v) is 5.35. The summed E-state index contributed by atoms with van der Waals surface area (Å²) in [5.74, 6) is 1.70. The number of piperidine rings is 1. The molecule has 6 heteroatoms. The fraction of sp³-hybridized carbons (Fsp3) is 0.565. The Morgan fingerprint density at radius 1 is 1.21 bits per heavy atom. The molecule has 1 aromatic heterocycles. The minimum atomic E-state index is 0.690. The maximum atomic E-state index is 4.74. The summed E-state index contributed by atoms with van der Waals surface area (Å²) >= 11 is 0. The molecule has 0 saturated carbocycles. The largest absolute Gasteiger partial charge is 0.357 e. The number of aliphatic imine (C=N–C) groups is 1. The third kappa shape index (κ3) is 7.54. The van der Waals surface area contributed by atoms with Crippen LogP contribution in [0.5, 0.6) is 0 Å². The topological polar surface area (TPSA) is 57.5 Å². The predicted molar refractivity (Wildman–Crippen MR) is 120 cm³/mol. The summed E-state index contributed by atoms with van der Waals surface area (Å²) < 4.78 is 1.96. The average molecular weight is 397 g/mol. The molecular formula is C23H36N6. The first-order valence-corrected chi connectivity index (χ1v) is 11.0. The zero-order valence-corrected chi connectivity index (χ0v) is 18.0. The van der Waals surface area contributed by atoms with Crippen LogP contribution in [0, 0.1) is 5.92 Å². The van der Waals surface area contributed by atoms with Gasteiger partial charge in [-0.15, -0.1) is 0 Å². The van der Waals surface area contributed by atoms with E-state index in [9.17, 15) is 0 Å². The van der Waals surface area contributed by atoms with E-state index < -0.39 is 0 Å². The van der Waals surface area contributed by atoms with Gasteiger partial charge in [0.15, 0.2) is 5.96 Å². The Morgan fingerprint density at radius 2 is 2.03 bits per heavy atom. The first kappa shape index (κ1) is 21.4. The Kier molecular flexibility index (Phi) is 8.56. The van der Waals surface area contributed by atoms with E-state index in [0.29, 0.717) is 6.54 Å². The van der Waals surface area contributed by atoms with Crippen LogP contribution in [0.4, 0.5) is 0 Å². The minimum Gasteiger partial charge on any atom is -0.357 e. The highest BCUT2D eigenvalue weighted by atomic mass is 15.3. The van der Waals surface area contributed by atoms with Crippen LogP contribution in [-0.2, 0) is 19.6 Å². The van der Waals surface area contributed by atoms with Crippen molar-refractivity contribution >= 4 is 5.96 Å². The molecule has 2 aromatic rings. The van der Waals surface area contributed by atoms with Gasteiger partial charge in [0.05, 0.1) is 6.54 Å². The van der Waals surface area contributed by atoms with Crippen molar-refractivity contribution < 1.29 is 0 Å². The van der Waals surface area contributed by atoms with Crippen molar-refractivity contribution in [3.8, 4) is 0 Å². The fourth-order valence-corrected chi connectivity index (χ4v) is 3.83. The van der Waals surface area contributed by atoms with Gasteiger partial charge in [0.2, 0.25) is 0 Å². The van der Waals surface area contributed by atoms with Crippen LogP contribution in [0.25, 0.3) is 0 Å². The first-order chi connectivity index (χ1) is 14.2. The van der Waals surface area contributed by atoms with Gasteiger partial charge in [-0.05, 0) is 55.8 Å². The van der Waals surface area contributed by atoms with Crippen LogP contribution in [0.2, 0.25) is 0 Å². The lowest BCUT2D eigenvalue weighted by molar-refractivity contribution is 0.176. The Hall–Kier alpha value is -2.34. The summed E-state index contributed by atoms with van der Waals surface area (Å²) in [5.41, 5.74) is 2.64. The number of rotatable bonds is 9. The number of benzene rings is 1. The van der Waals surface area contributed by atoms with Crippen molar-refractivity contribution in [3.63, 3.8) is 0 Å². The van der Waals surface area contributed by atoms with Crippen molar-refractivity contribution in [1.82, 2.24) is 25.3 Å². The van der Waals surface area contributed by atoms with Gasteiger partial charge in [0.25, 0.3) is 0 Å². The van der Waals surface area contributed by atoms with Crippen LogP contribution in [-0.4, -0.2) is 46.8 Å². The quantitative estimate of drug-likeness (QED) is 0.388. The lowest BCUT2D eigenvalue weighted by atomic mass is 9.99. The maximum Gasteiger partial charge on any atom is 0.191 e. The zero-order chi connectivity index (χ0) is 20.3. The van der Waals surface area contributed by atoms with E-state index >= 15 is 0 Å². The summed E-state index contributed by atoms with van der Waals surface area (Å²) in [5, 5.41) is 11.0. The van der Waals surface area contributed by atoms with Gasteiger partial charge >= 0.3 is 0 Å². The number of guanidine groups is 1. The predicted octanol–water partition coefficient (Wildman–Crippen LogP) is 3.26. The lowest BCUT2D eigenvalue weighted by Gasteiger charge is -2.30. The van der Waals surface area contributed by atoms with Crippen molar-refractivity contribution in [2.75, 3.05) is 26.2 Å². The molecule has 2 N–H and O–H groups in total. The number of nitrogens with zero attached hydrogens (tertiary/aromatic N) is 4. The van der Waals surface area contributed by atoms with Crippen LogP contribution >= 0.6 is 0 Å². The summed E-state index contributed by atoms with van der Waals surface area (Å²) in [4.78, 5) is 7.32. The molecule has 2 heterocycles. The van der Waals surface area contributed by atoms with Crippen LogP contribution in [0.3, 0.4) is 0 Å². The van der Waals surface area contributed by atoms with Gasteiger partial charge in [-0.25, -0.2) is 4.99 Å². The molecule has 158 valence electrons. The van der Waals surface area contributed by atoms with E-state index in [1.54, 1.807) is 0 Å². The molecule has 0 bridgehead atoms. The molecule has 1 unspecified atom stereocenters. The Labute approximate surface area is 175 Å². The number of aryl methyl sites for hydroxylation is 1. The van der Waals surface area contributed by atoms with E-state index in [1.807, 2.05) is 23.1 Å². The van der Waals surface area contributed by atoms with Crippen molar-refractivity contribution in [2.45, 2.75) is 52.7 Å². The van der Waals surface area contributed by atoms with Gasteiger partial charge in [-0.3, -0.25) is 9.58 Å². The van der Waals surface area contributed by atoms with E-state index in [-0.39, 0.29) is 0 Å². The second-order valence-electron chi connectivity index (χ2n) is 8.04. The highest BCUT2D eigenvalue weighted by Gasteiger charge is 2.16. The molecule has 6 nitrogen and oxygen atoms in total. The van der Waals surface area contributed by atoms with Gasteiger partial charge < -0.3 is 10.6 Å². The highest BCUT2D eigenvalue weighted by Crippen LogP contribution is 2.18. The fourth-order valence-electron chi connectivity index (χ4n) is 3.83. The van der Waals surface area contributed by atoms with Crippen LogP contribution in [0.1, 0.15) is 44.2 Å². The molecule has 29 heavy (non-hydrogen) atoms. The van der Waals surface area contributed by atoms with E-state index in [2.05, 4.69) is 58.7 Å². The molecule has 0 spiro atoms. The van der Waals surface area contributed by atoms with Gasteiger partial charge in [0, 0.05) is 45.1 Å². The first-order valence-electron chi connectivity index (χ1n) is 11.0. The number of likely N-dealkylation sites (tertiary alicyclic amines) is 1. The molecule has 1 aliphatic rings. The molecule has 1 aromatic carbocycles. The number of aromatic nitrogens is 2. The van der Waals surface area contributed by atoms with E-state index in [0.717, 1.165) is 44.5 Å². The van der Waals surface area contributed by atoms with Gasteiger partial charge in [-0.2, -0.15) is 5.10 Å². The molecule has 1 saturated heterocycles. The SMILES string of the molecule is CCNC(=NCc1ccc(CN2CCCC(C)C2)cc1)NCCCn1cccn1. The molecule has 0 radical (unpaired) electrons. The third-order valence-electron chi connectivity index (χ3n) is 5.35.